The molecule has 0 rings (SSSR count). The van der Waals surface area contributed by atoms with Gasteiger partial charge in [0.25, 0.3) is 0 Å². The quantitative estimate of drug-likeness (QED) is 0.160. The molecule has 13 heteroatoms. The first-order chi connectivity index (χ1) is 13.9. The molecular formula is C17H27N3O10. The van der Waals surface area contributed by atoms with Crippen LogP contribution in [0.3, 0.4) is 0 Å². The Kier molecular flexibility index (Phi) is 12.1. The Labute approximate surface area is 171 Å². The van der Waals surface area contributed by atoms with E-state index in [1.165, 1.54) is 0 Å². The Morgan fingerprint density at radius 2 is 1.13 bits per heavy atom. The van der Waals surface area contributed by atoms with Crippen molar-refractivity contribution < 1.29 is 48.5 Å². The van der Waals surface area contributed by atoms with Crippen LogP contribution in [0.4, 0.5) is 0 Å². The molecule has 13 nitrogen and oxygen atoms in total. The van der Waals surface area contributed by atoms with Crippen LogP contribution in [0.1, 0.15) is 45.4 Å². The number of hydrogen-bond acceptors (Lipinski definition) is 11. The Morgan fingerprint density at radius 3 is 1.50 bits per heavy atom. The smallest absolute Gasteiger partial charge is 0.330 e. The third-order valence-electron chi connectivity index (χ3n) is 4.05. The third-order valence-corrected chi connectivity index (χ3v) is 4.05. The molecule has 0 heterocycles. The predicted octanol–water partition coefficient (Wildman–Crippen LogP) is -1.75. The van der Waals surface area contributed by atoms with Crippen molar-refractivity contribution in [1.29, 1.82) is 0 Å². The summed E-state index contributed by atoms with van der Waals surface area (Å²) in [4.78, 5) is 68.3. The lowest BCUT2D eigenvalue weighted by molar-refractivity contribution is -0.163. The van der Waals surface area contributed by atoms with Crippen molar-refractivity contribution in [3.05, 3.63) is 0 Å². The standard InChI is InChI=1S/C17H27N3O10/c1-2-8(16(27)29-12(21)5-3-9(18)14(23)24)7-11(20)17(28)30-13(22)6-4-10(19)15(25)26/h8-11H,2-7,18-20H2,1H3,(H,23,24)(H,25,26)/t8?,9-,10-,11-/m1/s1. The number of esters is 4. The molecule has 0 aromatic carbocycles. The minimum atomic E-state index is -1.38. The number of carbonyl (C=O) groups excluding carboxylic acids is 4. The number of ether oxygens (including phenoxy) is 2. The minimum absolute atomic E-state index is 0.156. The lowest BCUT2D eigenvalue weighted by Gasteiger charge is -2.17. The highest BCUT2D eigenvalue weighted by atomic mass is 16.6. The van der Waals surface area contributed by atoms with Gasteiger partial charge in [0.05, 0.1) is 5.92 Å². The summed E-state index contributed by atoms with van der Waals surface area (Å²) >= 11 is 0. The van der Waals surface area contributed by atoms with E-state index >= 15 is 0 Å². The van der Waals surface area contributed by atoms with Crippen molar-refractivity contribution in [2.45, 2.75) is 63.6 Å². The predicted molar refractivity (Wildman–Crippen MR) is 98.3 cm³/mol. The van der Waals surface area contributed by atoms with Crippen LogP contribution in [0.5, 0.6) is 0 Å². The van der Waals surface area contributed by atoms with E-state index in [0.29, 0.717) is 0 Å². The topological polar surface area (TPSA) is 239 Å². The van der Waals surface area contributed by atoms with Crippen LogP contribution >= 0.6 is 0 Å². The average Bonchev–Trinajstić information content (AvgIpc) is 2.67. The molecule has 0 saturated carbocycles. The first-order valence-electron chi connectivity index (χ1n) is 9.10. The fourth-order valence-electron chi connectivity index (χ4n) is 2.11. The lowest BCUT2D eigenvalue weighted by Crippen LogP contribution is -2.38. The number of nitrogens with two attached hydrogens (primary N) is 3. The van der Waals surface area contributed by atoms with Gasteiger partial charge in [0.2, 0.25) is 0 Å². The van der Waals surface area contributed by atoms with E-state index in [0.717, 1.165) is 0 Å². The van der Waals surface area contributed by atoms with E-state index in [-0.39, 0.29) is 25.7 Å². The molecule has 0 radical (unpaired) electrons. The van der Waals surface area contributed by atoms with Crippen molar-refractivity contribution in [2.75, 3.05) is 0 Å². The van der Waals surface area contributed by atoms with Gasteiger partial charge in [0.15, 0.2) is 0 Å². The maximum absolute atomic E-state index is 12.1. The van der Waals surface area contributed by atoms with Crippen molar-refractivity contribution in [3.63, 3.8) is 0 Å². The number of carbonyl (C=O) groups is 6. The second kappa shape index (κ2) is 13.3. The summed E-state index contributed by atoms with van der Waals surface area (Å²) in [5.41, 5.74) is 16.1. The van der Waals surface area contributed by atoms with E-state index in [1.807, 2.05) is 0 Å². The van der Waals surface area contributed by atoms with Gasteiger partial charge >= 0.3 is 35.8 Å². The molecule has 8 N–H and O–H groups in total. The summed E-state index contributed by atoms with van der Waals surface area (Å²) in [5.74, 6) is -7.66. The number of rotatable bonds is 13. The van der Waals surface area contributed by atoms with Gasteiger partial charge in [0, 0.05) is 12.8 Å². The first-order valence-corrected chi connectivity index (χ1v) is 9.10. The van der Waals surface area contributed by atoms with E-state index in [2.05, 4.69) is 9.47 Å². The van der Waals surface area contributed by atoms with Crippen molar-refractivity contribution in [3.8, 4) is 0 Å². The van der Waals surface area contributed by atoms with Crippen LogP contribution in [-0.2, 0) is 38.2 Å². The van der Waals surface area contributed by atoms with Gasteiger partial charge in [-0.05, 0) is 25.7 Å². The summed E-state index contributed by atoms with van der Waals surface area (Å²) in [6.07, 6.45) is -1.40. The highest BCUT2D eigenvalue weighted by Gasteiger charge is 2.29. The van der Waals surface area contributed by atoms with Gasteiger partial charge in [-0.2, -0.15) is 0 Å². The lowest BCUT2D eigenvalue weighted by atomic mass is 9.98. The average molecular weight is 433 g/mol. The van der Waals surface area contributed by atoms with E-state index in [1.54, 1.807) is 6.92 Å². The van der Waals surface area contributed by atoms with Gasteiger partial charge in [0.1, 0.15) is 18.1 Å². The van der Waals surface area contributed by atoms with Crippen LogP contribution in [0.2, 0.25) is 0 Å². The van der Waals surface area contributed by atoms with Crippen LogP contribution in [-0.4, -0.2) is 64.2 Å². The molecule has 0 spiro atoms. The van der Waals surface area contributed by atoms with E-state index in [4.69, 9.17) is 27.4 Å². The normalized spacial score (nSPS) is 14.7. The van der Waals surface area contributed by atoms with Crippen LogP contribution in [0, 0.1) is 5.92 Å². The van der Waals surface area contributed by atoms with E-state index in [9.17, 15) is 28.8 Å². The Morgan fingerprint density at radius 1 is 0.733 bits per heavy atom. The SMILES string of the molecule is CCC(C[C@@H](N)C(=O)OC(=O)CC[C@@H](N)C(=O)O)C(=O)OC(=O)CC[C@@H](N)C(=O)O. The zero-order valence-corrected chi connectivity index (χ0v) is 16.4. The Balaban J connectivity index is 4.54. The number of aliphatic carboxylic acids is 2. The Hall–Kier alpha value is -2.90. The van der Waals surface area contributed by atoms with Gasteiger partial charge in [-0.3, -0.25) is 24.0 Å². The minimum Gasteiger partial charge on any atom is -0.480 e. The fraction of sp³-hybridized carbons (Fsp3) is 0.647. The molecule has 0 aliphatic carbocycles. The molecule has 0 aromatic rings. The highest BCUT2D eigenvalue weighted by Crippen LogP contribution is 2.15. The molecule has 0 aliphatic rings. The molecule has 1 unspecified atom stereocenters. The molecule has 0 amide bonds. The second-order valence-electron chi connectivity index (χ2n) is 6.50. The number of carboxylic acids is 2. The first kappa shape index (κ1) is 27.1. The number of hydrogen-bond donors (Lipinski definition) is 5. The zero-order valence-electron chi connectivity index (χ0n) is 16.4. The van der Waals surface area contributed by atoms with Crippen LogP contribution in [0.25, 0.3) is 0 Å². The summed E-state index contributed by atoms with van der Waals surface area (Å²) in [7, 11) is 0. The molecule has 0 bridgehead atoms. The van der Waals surface area contributed by atoms with E-state index < -0.39 is 72.7 Å². The second-order valence-corrected chi connectivity index (χ2v) is 6.50. The molecule has 0 fully saturated rings. The van der Waals surface area contributed by atoms with Gasteiger partial charge in [-0.1, -0.05) is 6.92 Å². The summed E-state index contributed by atoms with van der Waals surface area (Å²) in [6.45, 7) is 1.58. The summed E-state index contributed by atoms with van der Waals surface area (Å²) < 4.78 is 9.11. The summed E-state index contributed by atoms with van der Waals surface area (Å²) in [5, 5.41) is 17.3. The van der Waals surface area contributed by atoms with Gasteiger partial charge < -0.3 is 36.9 Å². The van der Waals surface area contributed by atoms with Crippen molar-refractivity contribution in [2.24, 2.45) is 23.1 Å². The maximum atomic E-state index is 12.1. The summed E-state index contributed by atoms with van der Waals surface area (Å²) in [6, 6.07) is -3.95. The molecule has 4 atom stereocenters. The molecule has 0 aromatic heterocycles. The van der Waals surface area contributed by atoms with Gasteiger partial charge in [-0.25, -0.2) is 4.79 Å². The molecule has 30 heavy (non-hydrogen) atoms. The third kappa shape index (κ3) is 10.6. The van der Waals surface area contributed by atoms with Crippen LogP contribution in [0.15, 0.2) is 0 Å². The van der Waals surface area contributed by atoms with Crippen molar-refractivity contribution >= 4 is 35.8 Å². The Bertz CT molecular complexity index is 666. The maximum Gasteiger partial charge on any atom is 0.330 e. The molecule has 0 aliphatic heterocycles. The molecule has 170 valence electrons. The fourth-order valence-corrected chi connectivity index (χ4v) is 2.11. The van der Waals surface area contributed by atoms with Crippen molar-refractivity contribution in [1.82, 2.24) is 0 Å². The monoisotopic (exact) mass is 433 g/mol. The molecule has 0 saturated heterocycles. The highest BCUT2D eigenvalue weighted by molar-refractivity contribution is 5.90. The number of carboxylic acid groups (broad SMARTS) is 2. The molecular weight excluding hydrogens is 406 g/mol. The largest absolute Gasteiger partial charge is 0.480 e. The van der Waals surface area contributed by atoms with Gasteiger partial charge in [-0.15, -0.1) is 0 Å². The van der Waals surface area contributed by atoms with Crippen LogP contribution < -0.4 is 17.2 Å². The zero-order chi connectivity index (χ0) is 23.4.